The number of hydrogen-bond acceptors (Lipinski definition) is 3. The summed E-state index contributed by atoms with van der Waals surface area (Å²) in [5.74, 6) is 0.682. The molecular formula is C11H16N2OS. The molecule has 4 heteroatoms. The molecule has 0 aromatic carbocycles. The van der Waals surface area contributed by atoms with Gasteiger partial charge in [-0.25, -0.2) is 0 Å². The van der Waals surface area contributed by atoms with Crippen LogP contribution in [-0.2, 0) is 0 Å². The van der Waals surface area contributed by atoms with E-state index < -0.39 is 0 Å². The van der Waals surface area contributed by atoms with E-state index in [-0.39, 0.29) is 0 Å². The van der Waals surface area contributed by atoms with Gasteiger partial charge >= 0.3 is 0 Å². The number of ether oxygens (including phenoxy) is 1. The lowest BCUT2D eigenvalue weighted by Gasteiger charge is -2.09. The zero-order valence-corrected chi connectivity index (χ0v) is 9.72. The maximum absolute atomic E-state index is 5.57. The predicted molar refractivity (Wildman–Crippen MR) is 65.1 cm³/mol. The number of rotatable bonds is 6. The molecule has 0 bridgehead atoms. The Bertz CT molecular complexity index is 328. The third kappa shape index (κ3) is 3.83. The molecule has 0 saturated heterocycles. The smallest absolute Gasteiger partial charge is 0.147 e. The molecule has 1 aromatic rings. The van der Waals surface area contributed by atoms with Crippen LogP contribution in [0.2, 0.25) is 0 Å². The molecule has 1 rings (SSSR count). The Kier molecular flexibility index (Phi) is 5.04. The summed E-state index contributed by atoms with van der Waals surface area (Å²) in [5, 5.41) is 0. The highest BCUT2D eigenvalue weighted by molar-refractivity contribution is 7.80. The van der Waals surface area contributed by atoms with E-state index in [1.54, 1.807) is 18.5 Å². The normalized spacial score (nSPS) is 9.93. The van der Waals surface area contributed by atoms with E-state index in [1.807, 2.05) is 0 Å². The minimum Gasteiger partial charge on any atom is -0.491 e. The van der Waals surface area contributed by atoms with Gasteiger partial charge in [0.1, 0.15) is 10.7 Å². The van der Waals surface area contributed by atoms with E-state index in [1.165, 1.54) is 12.8 Å². The van der Waals surface area contributed by atoms with Gasteiger partial charge in [0.15, 0.2) is 0 Å². The molecule has 0 fully saturated rings. The third-order valence-corrected chi connectivity index (χ3v) is 2.28. The molecule has 1 aromatic heterocycles. The van der Waals surface area contributed by atoms with Crippen LogP contribution in [0.1, 0.15) is 31.7 Å². The zero-order valence-electron chi connectivity index (χ0n) is 8.90. The number of thiocarbonyl (C=S) groups is 1. The molecule has 1 heterocycles. The summed E-state index contributed by atoms with van der Waals surface area (Å²) < 4.78 is 5.57. The van der Waals surface area contributed by atoms with Gasteiger partial charge in [0.2, 0.25) is 0 Å². The van der Waals surface area contributed by atoms with Gasteiger partial charge in [0.05, 0.1) is 18.4 Å². The monoisotopic (exact) mass is 224 g/mol. The first-order valence-corrected chi connectivity index (χ1v) is 5.53. The SMILES string of the molecule is CCCCCOc1cnccc1C(N)=S. The molecule has 0 aliphatic heterocycles. The lowest BCUT2D eigenvalue weighted by atomic mass is 10.2. The van der Waals surface area contributed by atoms with E-state index in [0.717, 1.165) is 12.0 Å². The van der Waals surface area contributed by atoms with Crippen molar-refractivity contribution in [2.45, 2.75) is 26.2 Å². The van der Waals surface area contributed by atoms with Crippen molar-refractivity contribution < 1.29 is 4.74 Å². The Balaban J connectivity index is 2.56. The molecule has 0 aliphatic rings. The van der Waals surface area contributed by atoms with Crippen molar-refractivity contribution in [3.63, 3.8) is 0 Å². The minimum absolute atomic E-state index is 0.350. The van der Waals surface area contributed by atoms with Crippen LogP contribution in [0.15, 0.2) is 18.5 Å². The molecule has 2 N–H and O–H groups in total. The van der Waals surface area contributed by atoms with Gasteiger partial charge < -0.3 is 10.5 Å². The second kappa shape index (κ2) is 6.35. The first-order valence-electron chi connectivity index (χ1n) is 5.12. The number of nitrogens with zero attached hydrogens (tertiary/aromatic N) is 1. The first kappa shape index (κ1) is 11.9. The van der Waals surface area contributed by atoms with Crippen molar-refractivity contribution in [2.24, 2.45) is 5.73 Å². The molecule has 0 radical (unpaired) electrons. The number of nitrogens with two attached hydrogens (primary N) is 1. The van der Waals surface area contributed by atoms with Gasteiger partial charge in [-0.3, -0.25) is 4.98 Å². The maximum Gasteiger partial charge on any atom is 0.147 e. The van der Waals surface area contributed by atoms with Gasteiger partial charge in [-0.2, -0.15) is 0 Å². The molecule has 3 nitrogen and oxygen atoms in total. The Morgan fingerprint density at radius 1 is 1.53 bits per heavy atom. The van der Waals surface area contributed by atoms with E-state index in [4.69, 9.17) is 22.7 Å². The second-order valence-electron chi connectivity index (χ2n) is 3.29. The van der Waals surface area contributed by atoms with Gasteiger partial charge in [0.25, 0.3) is 0 Å². The van der Waals surface area contributed by atoms with Crippen LogP contribution < -0.4 is 10.5 Å². The van der Waals surface area contributed by atoms with E-state index >= 15 is 0 Å². The Morgan fingerprint density at radius 2 is 2.33 bits per heavy atom. The van der Waals surface area contributed by atoms with Crippen LogP contribution in [0, 0.1) is 0 Å². The molecule has 0 saturated carbocycles. The Morgan fingerprint density at radius 3 is 3.00 bits per heavy atom. The quantitative estimate of drug-likeness (QED) is 0.595. The van der Waals surface area contributed by atoms with Crippen LogP contribution in [-0.4, -0.2) is 16.6 Å². The van der Waals surface area contributed by atoms with Crippen molar-refractivity contribution in [3.8, 4) is 5.75 Å². The van der Waals surface area contributed by atoms with Crippen LogP contribution in [0.4, 0.5) is 0 Å². The molecule has 0 unspecified atom stereocenters. The van der Waals surface area contributed by atoms with E-state index in [9.17, 15) is 0 Å². The van der Waals surface area contributed by atoms with Crippen molar-refractivity contribution in [2.75, 3.05) is 6.61 Å². The fourth-order valence-corrected chi connectivity index (χ4v) is 1.40. The molecule has 0 amide bonds. The number of hydrogen-bond donors (Lipinski definition) is 1. The molecule has 0 atom stereocenters. The summed E-state index contributed by atoms with van der Waals surface area (Å²) in [7, 11) is 0. The molecule has 0 spiro atoms. The van der Waals surface area contributed by atoms with Crippen LogP contribution in [0.25, 0.3) is 0 Å². The second-order valence-corrected chi connectivity index (χ2v) is 3.73. The van der Waals surface area contributed by atoms with Crippen LogP contribution in [0.5, 0.6) is 5.75 Å². The fraction of sp³-hybridized carbons (Fsp3) is 0.455. The summed E-state index contributed by atoms with van der Waals surface area (Å²) in [5.41, 5.74) is 6.33. The average molecular weight is 224 g/mol. The lowest BCUT2D eigenvalue weighted by molar-refractivity contribution is 0.304. The number of unbranched alkanes of at least 4 members (excludes halogenated alkanes) is 2. The predicted octanol–water partition coefficient (Wildman–Crippen LogP) is 2.28. The van der Waals surface area contributed by atoms with Crippen molar-refractivity contribution >= 4 is 17.2 Å². The third-order valence-electron chi connectivity index (χ3n) is 2.06. The highest BCUT2D eigenvalue weighted by Crippen LogP contribution is 2.16. The highest BCUT2D eigenvalue weighted by Gasteiger charge is 2.05. The Hall–Kier alpha value is -1.16. The molecule has 15 heavy (non-hydrogen) atoms. The number of pyridine rings is 1. The molecule has 82 valence electrons. The summed E-state index contributed by atoms with van der Waals surface area (Å²) in [6, 6.07) is 1.78. The van der Waals surface area contributed by atoms with E-state index in [2.05, 4.69) is 11.9 Å². The first-order chi connectivity index (χ1) is 7.25. The summed E-state index contributed by atoms with van der Waals surface area (Å²) >= 11 is 4.92. The fourth-order valence-electron chi connectivity index (χ4n) is 1.23. The van der Waals surface area contributed by atoms with E-state index in [0.29, 0.717) is 17.3 Å². The van der Waals surface area contributed by atoms with Crippen molar-refractivity contribution in [1.29, 1.82) is 0 Å². The summed E-state index contributed by atoms with van der Waals surface area (Å²) in [6.07, 6.45) is 6.71. The largest absolute Gasteiger partial charge is 0.491 e. The summed E-state index contributed by atoms with van der Waals surface area (Å²) in [4.78, 5) is 4.34. The summed E-state index contributed by atoms with van der Waals surface area (Å²) in [6.45, 7) is 2.85. The van der Waals surface area contributed by atoms with Crippen molar-refractivity contribution in [3.05, 3.63) is 24.0 Å². The molecule has 0 aliphatic carbocycles. The standard InChI is InChI=1S/C11H16N2OS/c1-2-3-4-7-14-10-8-13-6-5-9(10)11(12)15/h5-6,8H,2-4,7H2,1H3,(H2,12,15). The average Bonchev–Trinajstić information content (AvgIpc) is 2.25. The zero-order chi connectivity index (χ0) is 11.1. The van der Waals surface area contributed by atoms with Gasteiger partial charge in [0, 0.05) is 6.20 Å². The van der Waals surface area contributed by atoms with Crippen LogP contribution in [0.3, 0.4) is 0 Å². The molecular weight excluding hydrogens is 208 g/mol. The van der Waals surface area contributed by atoms with Crippen LogP contribution >= 0.6 is 12.2 Å². The lowest BCUT2D eigenvalue weighted by Crippen LogP contribution is -2.12. The Labute approximate surface area is 95.7 Å². The van der Waals surface area contributed by atoms with Gasteiger partial charge in [-0.15, -0.1) is 0 Å². The minimum atomic E-state index is 0.350. The number of aromatic nitrogens is 1. The maximum atomic E-state index is 5.57. The highest BCUT2D eigenvalue weighted by atomic mass is 32.1. The van der Waals surface area contributed by atoms with Gasteiger partial charge in [-0.1, -0.05) is 32.0 Å². The topological polar surface area (TPSA) is 48.1 Å². The van der Waals surface area contributed by atoms with Gasteiger partial charge in [-0.05, 0) is 12.5 Å². The van der Waals surface area contributed by atoms with Crippen molar-refractivity contribution in [1.82, 2.24) is 4.98 Å².